The van der Waals surface area contributed by atoms with Gasteiger partial charge in [-0.2, -0.15) is 13.2 Å². The molecule has 0 bridgehead atoms. The van der Waals surface area contributed by atoms with Crippen molar-refractivity contribution in [1.29, 1.82) is 0 Å². The quantitative estimate of drug-likeness (QED) is 0.563. The first kappa shape index (κ1) is 11.5. The van der Waals surface area contributed by atoms with Crippen molar-refractivity contribution < 1.29 is 17.6 Å². The van der Waals surface area contributed by atoms with Gasteiger partial charge in [-0.05, 0) is 22.9 Å². The molecule has 0 aliphatic heterocycles. The third kappa shape index (κ3) is 2.06. The summed E-state index contributed by atoms with van der Waals surface area (Å²) in [6, 6.07) is 12.5. The van der Waals surface area contributed by atoms with Gasteiger partial charge >= 0.3 is 5.51 Å². The summed E-state index contributed by atoms with van der Waals surface area (Å²) in [4.78, 5) is 0. The molecule has 1 heterocycles. The minimum absolute atomic E-state index is 0.131. The van der Waals surface area contributed by atoms with Crippen molar-refractivity contribution in [3.8, 4) is 0 Å². The average molecular weight is 268 g/mol. The van der Waals surface area contributed by atoms with Crippen LogP contribution in [0.2, 0.25) is 0 Å². The number of benzene rings is 2. The number of alkyl halides is 3. The number of fused-ring (bicyclic) bond motifs is 3. The Bertz CT molecular complexity index is 715. The zero-order valence-electron chi connectivity index (χ0n) is 8.99. The first-order valence-corrected chi connectivity index (χ1v) is 6.02. The molecule has 0 aliphatic carbocycles. The van der Waals surface area contributed by atoms with Crippen LogP contribution in [0.3, 0.4) is 0 Å². The first-order valence-electron chi connectivity index (χ1n) is 5.20. The lowest BCUT2D eigenvalue weighted by atomic mass is 10.1. The highest BCUT2D eigenvalue weighted by atomic mass is 32.2. The minimum Gasteiger partial charge on any atom is -0.450 e. The molecular weight excluding hydrogens is 261 g/mol. The monoisotopic (exact) mass is 268 g/mol. The lowest BCUT2D eigenvalue weighted by molar-refractivity contribution is -0.0334. The fourth-order valence-electron chi connectivity index (χ4n) is 1.93. The highest BCUT2D eigenvalue weighted by Crippen LogP contribution is 2.40. The molecule has 92 valence electrons. The standard InChI is InChI=1S/C13H7F3OS/c14-13(15,16)18-12-7-10-9-4-2-1-3-8(9)5-6-11(10)17-12/h1-7H. The van der Waals surface area contributed by atoms with E-state index in [1.807, 2.05) is 30.3 Å². The molecule has 0 atom stereocenters. The number of hydrogen-bond donors (Lipinski definition) is 0. The topological polar surface area (TPSA) is 13.1 Å². The van der Waals surface area contributed by atoms with Gasteiger partial charge < -0.3 is 4.42 Å². The lowest BCUT2D eigenvalue weighted by Gasteiger charge is -2.00. The molecule has 0 radical (unpaired) electrons. The molecule has 18 heavy (non-hydrogen) atoms. The first-order chi connectivity index (χ1) is 8.53. The summed E-state index contributed by atoms with van der Waals surface area (Å²) < 4.78 is 42.1. The molecule has 0 amide bonds. The second-order valence-electron chi connectivity index (χ2n) is 3.81. The van der Waals surface area contributed by atoms with Crippen molar-refractivity contribution in [2.24, 2.45) is 0 Å². The van der Waals surface area contributed by atoms with Crippen LogP contribution in [-0.2, 0) is 0 Å². The van der Waals surface area contributed by atoms with Gasteiger partial charge in [0.25, 0.3) is 0 Å². The minimum atomic E-state index is -4.33. The summed E-state index contributed by atoms with van der Waals surface area (Å²) >= 11 is -0.232. The Morgan fingerprint density at radius 1 is 0.944 bits per heavy atom. The van der Waals surface area contributed by atoms with Crippen LogP contribution in [0.15, 0.2) is 52.0 Å². The van der Waals surface area contributed by atoms with Crippen LogP contribution in [0.4, 0.5) is 13.2 Å². The SMILES string of the molecule is FC(F)(F)Sc1cc2c(ccc3ccccc32)o1. The molecule has 1 nitrogen and oxygen atoms in total. The van der Waals surface area contributed by atoms with Crippen molar-refractivity contribution in [2.45, 2.75) is 10.6 Å². The van der Waals surface area contributed by atoms with Gasteiger partial charge in [0.05, 0.1) is 0 Å². The van der Waals surface area contributed by atoms with Crippen LogP contribution >= 0.6 is 11.8 Å². The predicted octanol–water partition coefficient (Wildman–Crippen LogP) is 5.20. The van der Waals surface area contributed by atoms with Gasteiger partial charge in [0.2, 0.25) is 0 Å². The maximum atomic E-state index is 12.3. The highest BCUT2D eigenvalue weighted by molar-refractivity contribution is 8.00. The van der Waals surface area contributed by atoms with Crippen LogP contribution < -0.4 is 0 Å². The zero-order valence-corrected chi connectivity index (χ0v) is 9.81. The molecule has 0 saturated carbocycles. The Kier molecular flexibility index (Phi) is 2.52. The van der Waals surface area contributed by atoms with Crippen LogP contribution in [-0.4, -0.2) is 5.51 Å². The molecule has 1 aromatic heterocycles. The largest absolute Gasteiger partial charge is 0.450 e. The third-order valence-corrected chi connectivity index (χ3v) is 3.25. The van der Waals surface area contributed by atoms with Gasteiger partial charge in [-0.15, -0.1) is 0 Å². The summed E-state index contributed by atoms with van der Waals surface area (Å²) in [5, 5.41) is 2.45. The summed E-state index contributed by atoms with van der Waals surface area (Å²) in [7, 11) is 0. The van der Waals surface area contributed by atoms with Gasteiger partial charge in [-0.3, -0.25) is 0 Å². The molecule has 3 aromatic rings. The van der Waals surface area contributed by atoms with Crippen molar-refractivity contribution in [3.05, 3.63) is 42.5 Å². The Morgan fingerprint density at radius 3 is 2.50 bits per heavy atom. The van der Waals surface area contributed by atoms with Crippen molar-refractivity contribution in [1.82, 2.24) is 0 Å². The second kappa shape index (κ2) is 3.95. The predicted molar refractivity (Wildman–Crippen MR) is 65.6 cm³/mol. The van der Waals surface area contributed by atoms with E-state index in [1.165, 1.54) is 6.07 Å². The van der Waals surface area contributed by atoms with Gasteiger partial charge in [-0.25, -0.2) is 0 Å². The van der Waals surface area contributed by atoms with E-state index in [0.29, 0.717) is 11.0 Å². The molecule has 5 heteroatoms. The van der Waals surface area contributed by atoms with E-state index in [4.69, 9.17) is 4.42 Å². The van der Waals surface area contributed by atoms with E-state index in [2.05, 4.69) is 0 Å². The maximum absolute atomic E-state index is 12.3. The molecule has 0 fully saturated rings. The number of hydrogen-bond acceptors (Lipinski definition) is 2. The number of halogens is 3. The molecule has 0 spiro atoms. The smallest absolute Gasteiger partial charge is 0.449 e. The molecule has 0 N–H and O–H groups in total. The van der Waals surface area contributed by atoms with Gasteiger partial charge in [0.15, 0.2) is 5.09 Å². The van der Waals surface area contributed by atoms with E-state index < -0.39 is 5.51 Å². The van der Waals surface area contributed by atoms with E-state index >= 15 is 0 Å². The van der Waals surface area contributed by atoms with Crippen LogP contribution in [0.1, 0.15) is 0 Å². The molecule has 0 unspecified atom stereocenters. The van der Waals surface area contributed by atoms with E-state index in [-0.39, 0.29) is 16.9 Å². The Balaban J connectivity index is 2.20. The summed E-state index contributed by atoms with van der Waals surface area (Å²) in [6.45, 7) is 0. The third-order valence-electron chi connectivity index (χ3n) is 2.62. The number of rotatable bonds is 1. The Labute approximate surface area is 105 Å². The highest BCUT2D eigenvalue weighted by Gasteiger charge is 2.31. The fraction of sp³-hybridized carbons (Fsp3) is 0.0769. The Morgan fingerprint density at radius 2 is 1.72 bits per heavy atom. The molecule has 0 aliphatic rings. The fourth-order valence-corrected chi connectivity index (χ4v) is 2.47. The van der Waals surface area contributed by atoms with E-state index in [1.54, 1.807) is 6.07 Å². The van der Waals surface area contributed by atoms with Crippen LogP contribution in [0, 0.1) is 0 Å². The summed E-state index contributed by atoms with van der Waals surface area (Å²) in [6.07, 6.45) is 0. The normalized spacial score (nSPS) is 12.4. The van der Waals surface area contributed by atoms with Crippen LogP contribution in [0.5, 0.6) is 0 Å². The molecule has 0 saturated heterocycles. The van der Waals surface area contributed by atoms with Crippen molar-refractivity contribution in [3.63, 3.8) is 0 Å². The lowest BCUT2D eigenvalue weighted by Crippen LogP contribution is -1.97. The summed E-state index contributed by atoms with van der Waals surface area (Å²) in [5.41, 5.74) is -3.86. The molecular formula is C13H7F3OS. The van der Waals surface area contributed by atoms with E-state index in [0.717, 1.165) is 10.8 Å². The maximum Gasteiger partial charge on any atom is 0.449 e. The van der Waals surface area contributed by atoms with Crippen molar-refractivity contribution >= 4 is 33.5 Å². The van der Waals surface area contributed by atoms with Gasteiger partial charge in [-0.1, -0.05) is 30.3 Å². The number of furan rings is 1. The Hall–Kier alpha value is -1.62. The van der Waals surface area contributed by atoms with Gasteiger partial charge in [0.1, 0.15) is 5.58 Å². The molecule has 2 aromatic carbocycles. The average Bonchev–Trinajstić information content (AvgIpc) is 2.69. The van der Waals surface area contributed by atoms with Crippen LogP contribution in [0.25, 0.3) is 21.7 Å². The van der Waals surface area contributed by atoms with Gasteiger partial charge in [0, 0.05) is 17.1 Å². The summed E-state index contributed by atoms with van der Waals surface area (Å²) in [5.74, 6) is 0. The zero-order chi connectivity index (χ0) is 12.8. The second-order valence-corrected chi connectivity index (χ2v) is 4.88. The van der Waals surface area contributed by atoms with E-state index in [9.17, 15) is 13.2 Å². The van der Waals surface area contributed by atoms with Crippen molar-refractivity contribution in [2.75, 3.05) is 0 Å². The molecule has 3 rings (SSSR count). The number of thioether (sulfide) groups is 1.